The van der Waals surface area contributed by atoms with Crippen molar-refractivity contribution in [3.8, 4) is 11.1 Å². The summed E-state index contributed by atoms with van der Waals surface area (Å²) >= 11 is 0. The van der Waals surface area contributed by atoms with Gasteiger partial charge >= 0.3 is 6.18 Å². The number of nitrogens with two attached hydrogens (primary N) is 1. The van der Waals surface area contributed by atoms with Crippen molar-refractivity contribution in [1.82, 2.24) is 10.3 Å². The summed E-state index contributed by atoms with van der Waals surface area (Å²) in [5, 5.41) is 2.94. The molecule has 0 saturated heterocycles. The number of amides is 1. The molecule has 0 spiro atoms. The number of halogens is 3. The average Bonchev–Trinajstić information content (AvgIpc) is 2.88. The third kappa shape index (κ3) is 5.78. The van der Waals surface area contributed by atoms with Gasteiger partial charge in [-0.1, -0.05) is 36.4 Å². The molecule has 1 aromatic heterocycles. The number of ether oxygens (including phenoxy) is 1. The van der Waals surface area contributed by atoms with E-state index in [1.807, 2.05) is 19.1 Å². The van der Waals surface area contributed by atoms with Crippen molar-refractivity contribution in [3.63, 3.8) is 0 Å². The van der Waals surface area contributed by atoms with Gasteiger partial charge in [0, 0.05) is 12.7 Å². The van der Waals surface area contributed by atoms with Gasteiger partial charge in [0.15, 0.2) is 0 Å². The predicted octanol–water partition coefficient (Wildman–Crippen LogP) is 5.52. The van der Waals surface area contributed by atoms with E-state index in [0.717, 1.165) is 35.3 Å². The van der Waals surface area contributed by atoms with Crippen LogP contribution in [0.4, 0.5) is 13.2 Å². The Morgan fingerprint density at radius 3 is 2.54 bits per heavy atom. The zero-order valence-corrected chi connectivity index (χ0v) is 19.2. The van der Waals surface area contributed by atoms with E-state index in [4.69, 9.17) is 10.5 Å². The molecule has 0 bridgehead atoms. The lowest BCUT2D eigenvalue weighted by atomic mass is 9.95. The molecule has 1 amide bonds. The van der Waals surface area contributed by atoms with Gasteiger partial charge in [0.2, 0.25) is 0 Å². The van der Waals surface area contributed by atoms with E-state index in [1.54, 1.807) is 36.5 Å². The molecule has 1 aliphatic heterocycles. The quantitative estimate of drug-likeness (QED) is 0.486. The van der Waals surface area contributed by atoms with Crippen LogP contribution in [-0.4, -0.2) is 24.1 Å². The van der Waals surface area contributed by atoms with Gasteiger partial charge in [0.05, 0.1) is 24.8 Å². The molecule has 0 radical (unpaired) electrons. The Bertz CT molecular complexity index is 1240. The van der Waals surface area contributed by atoms with E-state index in [0.29, 0.717) is 35.6 Å². The molecule has 3 N–H and O–H groups in total. The van der Waals surface area contributed by atoms with Crippen molar-refractivity contribution in [1.29, 1.82) is 0 Å². The highest BCUT2D eigenvalue weighted by molar-refractivity contribution is 5.93. The van der Waals surface area contributed by atoms with Gasteiger partial charge in [-0.2, -0.15) is 13.2 Å². The number of alkyl halides is 3. The smallest absolute Gasteiger partial charge is 0.377 e. The molecule has 2 heterocycles. The van der Waals surface area contributed by atoms with Gasteiger partial charge in [-0.15, -0.1) is 0 Å². The van der Waals surface area contributed by atoms with E-state index < -0.39 is 11.7 Å². The van der Waals surface area contributed by atoms with Crippen LogP contribution < -0.4 is 11.1 Å². The van der Waals surface area contributed by atoms with Crippen LogP contribution in [0.25, 0.3) is 16.7 Å². The van der Waals surface area contributed by atoms with Crippen molar-refractivity contribution in [2.45, 2.75) is 32.1 Å². The van der Waals surface area contributed by atoms with Gasteiger partial charge in [0.25, 0.3) is 5.91 Å². The number of rotatable bonds is 6. The number of carbonyl (C=O) groups is 1. The Hall–Kier alpha value is -3.49. The monoisotopic (exact) mass is 481 g/mol. The van der Waals surface area contributed by atoms with Gasteiger partial charge in [0.1, 0.15) is 5.69 Å². The van der Waals surface area contributed by atoms with Gasteiger partial charge in [-0.25, -0.2) is 0 Å². The molecule has 2 aromatic carbocycles. The van der Waals surface area contributed by atoms with Gasteiger partial charge < -0.3 is 15.8 Å². The third-order valence-corrected chi connectivity index (χ3v) is 6.05. The molecule has 182 valence electrons. The number of nitrogens with zero attached hydrogens (tertiary/aromatic N) is 1. The first-order valence-electron chi connectivity index (χ1n) is 11.3. The first-order valence-corrected chi connectivity index (χ1v) is 11.3. The molecule has 0 fully saturated rings. The minimum absolute atomic E-state index is 0.123. The fourth-order valence-corrected chi connectivity index (χ4v) is 4.05. The van der Waals surface area contributed by atoms with Gasteiger partial charge in [-0.05, 0) is 71.0 Å². The Kier molecular flexibility index (Phi) is 7.33. The largest absolute Gasteiger partial charge is 0.416 e. The molecule has 1 aliphatic rings. The lowest BCUT2D eigenvalue weighted by molar-refractivity contribution is -0.137. The summed E-state index contributed by atoms with van der Waals surface area (Å²) in [5.74, 6) is -0.306. The minimum atomic E-state index is -4.44. The van der Waals surface area contributed by atoms with Crippen LogP contribution in [0.2, 0.25) is 0 Å². The van der Waals surface area contributed by atoms with Crippen LogP contribution in [-0.2, 0) is 17.5 Å². The predicted molar refractivity (Wildman–Crippen MR) is 128 cm³/mol. The normalized spacial score (nSPS) is 14.8. The number of nitrogens with one attached hydrogen (secondary N) is 1. The first-order chi connectivity index (χ1) is 16.8. The Morgan fingerprint density at radius 2 is 1.89 bits per heavy atom. The van der Waals surface area contributed by atoms with Crippen molar-refractivity contribution >= 4 is 11.5 Å². The second-order valence-corrected chi connectivity index (χ2v) is 8.38. The average molecular weight is 482 g/mol. The van der Waals surface area contributed by atoms with E-state index in [1.165, 1.54) is 6.07 Å². The Balaban J connectivity index is 1.50. The molecule has 0 saturated carbocycles. The lowest BCUT2D eigenvalue weighted by Crippen LogP contribution is -2.27. The number of pyridine rings is 1. The van der Waals surface area contributed by atoms with E-state index in [-0.39, 0.29) is 18.5 Å². The van der Waals surface area contributed by atoms with Gasteiger partial charge in [-0.3, -0.25) is 9.78 Å². The summed E-state index contributed by atoms with van der Waals surface area (Å²) < 4.78 is 44.9. The highest BCUT2D eigenvalue weighted by Gasteiger charge is 2.31. The topological polar surface area (TPSA) is 77.2 Å². The summed E-state index contributed by atoms with van der Waals surface area (Å²) in [4.78, 5) is 17.0. The molecule has 1 atom stereocenters. The highest BCUT2D eigenvalue weighted by atomic mass is 19.4. The second-order valence-electron chi connectivity index (χ2n) is 8.38. The van der Waals surface area contributed by atoms with E-state index in [2.05, 4.69) is 10.3 Å². The molecule has 3 aromatic rings. The standard InChI is InChI=1S/C27H26F3N3O2/c1-17(33-26(34)25-14-21(8-11-32-25)19-9-12-35-13-10-19)18-2-4-20(5-3-18)24-15-23(27(28,29)30)7-6-22(24)16-31/h2-9,11,14-15,17H,10,12-13,16,31H2,1H3,(H,33,34)/t17-/m1/s1. The highest BCUT2D eigenvalue weighted by Crippen LogP contribution is 2.34. The number of hydrogen-bond acceptors (Lipinski definition) is 4. The van der Waals surface area contributed by atoms with Crippen LogP contribution in [0.5, 0.6) is 0 Å². The van der Waals surface area contributed by atoms with Crippen LogP contribution >= 0.6 is 0 Å². The maximum atomic E-state index is 13.2. The van der Waals surface area contributed by atoms with Crippen molar-refractivity contribution in [3.05, 3.63) is 94.8 Å². The zero-order chi connectivity index (χ0) is 25.0. The maximum absolute atomic E-state index is 13.2. The molecule has 4 rings (SSSR count). The van der Waals surface area contributed by atoms with Crippen LogP contribution in [0, 0.1) is 0 Å². The zero-order valence-electron chi connectivity index (χ0n) is 19.2. The molecule has 35 heavy (non-hydrogen) atoms. The van der Waals surface area contributed by atoms with Crippen LogP contribution in [0.15, 0.2) is 66.9 Å². The fraction of sp³-hybridized carbons (Fsp3) is 0.259. The number of benzene rings is 2. The Morgan fingerprint density at radius 1 is 1.11 bits per heavy atom. The molecule has 0 unspecified atom stereocenters. The van der Waals surface area contributed by atoms with Crippen molar-refractivity contribution < 1.29 is 22.7 Å². The van der Waals surface area contributed by atoms with Crippen molar-refractivity contribution in [2.75, 3.05) is 13.2 Å². The number of hydrogen-bond donors (Lipinski definition) is 2. The summed E-state index contributed by atoms with van der Waals surface area (Å²) in [6.07, 6.45) is -0.0336. The summed E-state index contributed by atoms with van der Waals surface area (Å²) in [6.45, 7) is 3.17. The first kappa shape index (κ1) is 24.6. The fourth-order valence-electron chi connectivity index (χ4n) is 4.05. The SMILES string of the molecule is C[C@@H](NC(=O)c1cc(C2=CCOCC2)ccn1)c1ccc(-c2cc(C(F)(F)F)ccc2CN)cc1. The number of carbonyl (C=O) groups excluding carboxylic acids is 1. The molecule has 8 heteroatoms. The van der Waals surface area contributed by atoms with E-state index >= 15 is 0 Å². The molecular formula is C27H26F3N3O2. The van der Waals surface area contributed by atoms with Crippen LogP contribution in [0.1, 0.15) is 52.1 Å². The maximum Gasteiger partial charge on any atom is 0.416 e. The minimum Gasteiger partial charge on any atom is -0.377 e. The summed E-state index contributed by atoms with van der Waals surface area (Å²) in [6, 6.07) is 13.9. The molecule has 5 nitrogen and oxygen atoms in total. The van der Waals surface area contributed by atoms with E-state index in [9.17, 15) is 18.0 Å². The lowest BCUT2D eigenvalue weighted by Gasteiger charge is -2.17. The molecule has 0 aliphatic carbocycles. The molecular weight excluding hydrogens is 455 g/mol. The second kappa shape index (κ2) is 10.4. The Labute approximate surface area is 201 Å². The number of aromatic nitrogens is 1. The van der Waals surface area contributed by atoms with Crippen molar-refractivity contribution in [2.24, 2.45) is 5.73 Å². The third-order valence-electron chi connectivity index (χ3n) is 6.05. The van der Waals surface area contributed by atoms with Crippen LogP contribution in [0.3, 0.4) is 0 Å². The summed E-state index contributed by atoms with van der Waals surface area (Å²) in [7, 11) is 0. The summed E-state index contributed by atoms with van der Waals surface area (Å²) in [5.41, 5.74) is 9.91.